The molecule has 0 radical (unpaired) electrons. The van der Waals surface area contributed by atoms with E-state index in [9.17, 15) is 0 Å². The molecule has 0 atom stereocenters. The van der Waals surface area contributed by atoms with Gasteiger partial charge in [-0.2, -0.15) is 5.10 Å². The molecule has 0 aliphatic carbocycles. The van der Waals surface area contributed by atoms with Gasteiger partial charge in [0.1, 0.15) is 12.2 Å². The third-order valence-electron chi connectivity index (χ3n) is 5.93. The smallest absolute Gasteiger partial charge is 0.181 e. The zero-order valence-corrected chi connectivity index (χ0v) is 18.4. The molecule has 3 aromatic heterocycles. The number of aryl methyl sites for hydroxylation is 2. The van der Waals surface area contributed by atoms with Crippen molar-refractivity contribution in [2.75, 3.05) is 11.4 Å². The van der Waals surface area contributed by atoms with Crippen LogP contribution in [0.4, 0.5) is 5.69 Å². The number of anilines is 1. The van der Waals surface area contributed by atoms with Crippen LogP contribution in [0.2, 0.25) is 0 Å². The Hall–Kier alpha value is -3.48. The van der Waals surface area contributed by atoms with Crippen LogP contribution in [0.25, 0.3) is 22.6 Å². The van der Waals surface area contributed by atoms with E-state index in [1.807, 2.05) is 19.3 Å². The molecule has 4 heterocycles. The first kappa shape index (κ1) is 19.5. The molecule has 0 saturated carbocycles. The fraction of sp³-hybridized carbons (Fsp3) is 0.333. The van der Waals surface area contributed by atoms with Gasteiger partial charge < -0.3 is 9.47 Å². The van der Waals surface area contributed by atoms with Gasteiger partial charge in [0, 0.05) is 43.1 Å². The molecule has 0 saturated heterocycles. The molecular formula is C24H27N7. The van der Waals surface area contributed by atoms with E-state index in [0.717, 1.165) is 53.8 Å². The molecule has 1 aliphatic rings. The van der Waals surface area contributed by atoms with Crippen LogP contribution in [0.15, 0.2) is 48.9 Å². The van der Waals surface area contributed by atoms with Gasteiger partial charge in [-0.25, -0.2) is 9.97 Å². The normalized spacial score (nSPS) is 13.6. The number of hydrogen-bond acceptors (Lipinski definition) is 5. The summed E-state index contributed by atoms with van der Waals surface area (Å²) in [7, 11) is 1.88. The van der Waals surface area contributed by atoms with Crippen LogP contribution < -0.4 is 4.90 Å². The minimum Gasteiger partial charge on any atom is -0.364 e. The van der Waals surface area contributed by atoms with Crippen molar-refractivity contribution >= 4 is 5.69 Å². The third kappa shape index (κ3) is 3.50. The molecule has 31 heavy (non-hydrogen) atoms. The summed E-state index contributed by atoms with van der Waals surface area (Å²) < 4.78 is 4.08. The first-order valence-corrected chi connectivity index (χ1v) is 10.7. The van der Waals surface area contributed by atoms with Crippen LogP contribution in [-0.4, -0.2) is 35.8 Å². The minimum atomic E-state index is 0.348. The molecule has 7 heteroatoms. The number of pyridine rings is 1. The van der Waals surface area contributed by atoms with E-state index < -0.39 is 0 Å². The summed E-state index contributed by atoms with van der Waals surface area (Å²) in [5.74, 6) is 2.17. The molecule has 1 aliphatic heterocycles. The quantitative estimate of drug-likeness (QED) is 0.502. The summed E-state index contributed by atoms with van der Waals surface area (Å²) in [6, 6.07) is 12.7. The summed E-state index contributed by atoms with van der Waals surface area (Å²) in [5.41, 5.74) is 6.80. The van der Waals surface area contributed by atoms with E-state index >= 15 is 0 Å². The van der Waals surface area contributed by atoms with Crippen LogP contribution in [0.3, 0.4) is 0 Å². The van der Waals surface area contributed by atoms with E-state index in [1.165, 1.54) is 11.4 Å². The van der Waals surface area contributed by atoms with Crippen molar-refractivity contribution in [2.45, 2.75) is 39.8 Å². The van der Waals surface area contributed by atoms with Gasteiger partial charge in [-0.1, -0.05) is 13.8 Å². The van der Waals surface area contributed by atoms with E-state index in [-0.39, 0.29) is 0 Å². The summed E-state index contributed by atoms with van der Waals surface area (Å²) in [6.45, 7) is 9.17. The lowest BCUT2D eigenvalue weighted by molar-refractivity contribution is 0.560. The zero-order valence-electron chi connectivity index (χ0n) is 18.4. The molecule has 0 fully saturated rings. The van der Waals surface area contributed by atoms with E-state index in [4.69, 9.17) is 4.98 Å². The molecular weight excluding hydrogens is 386 g/mol. The Labute approximate surface area is 182 Å². The maximum Gasteiger partial charge on any atom is 0.181 e. The molecule has 0 spiro atoms. The van der Waals surface area contributed by atoms with Gasteiger partial charge in [-0.15, -0.1) is 0 Å². The number of imidazole rings is 1. The average molecular weight is 414 g/mol. The van der Waals surface area contributed by atoms with Crippen molar-refractivity contribution in [2.24, 2.45) is 7.05 Å². The fourth-order valence-electron chi connectivity index (χ4n) is 4.35. The Morgan fingerprint density at radius 2 is 1.81 bits per heavy atom. The highest BCUT2D eigenvalue weighted by atomic mass is 15.3. The molecule has 1 aromatic carbocycles. The maximum absolute atomic E-state index is 4.97. The Kier molecular flexibility index (Phi) is 4.81. The van der Waals surface area contributed by atoms with E-state index in [1.54, 1.807) is 11.0 Å². The summed E-state index contributed by atoms with van der Waals surface area (Å²) in [6.07, 6.45) is 3.60. The van der Waals surface area contributed by atoms with Crippen LogP contribution in [0, 0.1) is 6.92 Å². The number of aromatic nitrogens is 6. The van der Waals surface area contributed by atoms with E-state index in [2.05, 4.69) is 75.6 Å². The molecule has 0 unspecified atom stereocenters. The lowest BCUT2D eigenvalue weighted by Gasteiger charge is -2.31. The van der Waals surface area contributed by atoms with Crippen molar-refractivity contribution in [3.63, 3.8) is 0 Å². The van der Waals surface area contributed by atoms with Gasteiger partial charge in [0.15, 0.2) is 5.82 Å². The van der Waals surface area contributed by atoms with Crippen LogP contribution in [0.5, 0.6) is 0 Å². The highest BCUT2D eigenvalue weighted by Crippen LogP contribution is 2.33. The molecule has 0 amide bonds. The number of hydrogen-bond donors (Lipinski definition) is 0. The summed E-state index contributed by atoms with van der Waals surface area (Å²) in [5, 5.41) is 4.40. The lowest BCUT2D eigenvalue weighted by Crippen LogP contribution is -2.34. The second kappa shape index (κ2) is 7.65. The van der Waals surface area contributed by atoms with Gasteiger partial charge in [0.2, 0.25) is 0 Å². The van der Waals surface area contributed by atoms with Gasteiger partial charge in [0.05, 0.1) is 23.6 Å². The van der Waals surface area contributed by atoms with E-state index in [0.29, 0.717) is 5.92 Å². The topological polar surface area (TPSA) is 64.7 Å². The van der Waals surface area contributed by atoms with Crippen molar-refractivity contribution in [3.05, 3.63) is 66.1 Å². The molecule has 7 nitrogen and oxygen atoms in total. The fourth-order valence-corrected chi connectivity index (χ4v) is 4.35. The number of fused-ring (bicyclic) bond motifs is 1. The zero-order chi connectivity index (χ0) is 21.5. The van der Waals surface area contributed by atoms with Crippen molar-refractivity contribution in [1.82, 2.24) is 29.3 Å². The monoisotopic (exact) mass is 413 g/mol. The highest BCUT2D eigenvalue weighted by molar-refractivity contribution is 5.67. The number of rotatable bonds is 4. The Morgan fingerprint density at radius 1 is 1.00 bits per heavy atom. The van der Waals surface area contributed by atoms with Crippen LogP contribution in [-0.2, 0) is 20.1 Å². The Bertz CT molecular complexity index is 1220. The SMILES string of the molecule is Cc1nc(-c2cccnc2C(C)C)c2n1CCN(c1ccc(-c3ncn(C)n3)cc1)C2. The summed E-state index contributed by atoms with van der Waals surface area (Å²) >= 11 is 0. The van der Waals surface area contributed by atoms with Crippen LogP contribution >= 0.6 is 0 Å². The number of nitrogens with zero attached hydrogens (tertiary/aromatic N) is 7. The van der Waals surface area contributed by atoms with Crippen molar-refractivity contribution in [3.8, 4) is 22.6 Å². The van der Waals surface area contributed by atoms with Gasteiger partial charge >= 0.3 is 0 Å². The largest absolute Gasteiger partial charge is 0.364 e. The first-order valence-electron chi connectivity index (χ1n) is 10.7. The van der Waals surface area contributed by atoms with Crippen LogP contribution in [0.1, 0.15) is 37.0 Å². The second-order valence-corrected chi connectivity index (χ2v) is 8.41. The first-order chi connectivity index (χ1) is 15.0. The maximum atomic E-state index is 4.97. The predicted octanol–water partition coefficient (Wildman–Crippen LogP) is 4.19. The second-order valence-electron chi connectivity index (χ2n) is 8.41. The molecule has 4 aromatic rings. The van der Waals surface area contributed by atoms with Gasteiger partial charge in [0.25, 0.3) is 0 Å². The highest BCUT2D eigenvalue weighted by Gasteiger charge is 2.25. The molecule has 0 N–H and O–H groups in total. The molecule has 158 valence electrons. The minimum absolute atomic E-state index is 0.348. The van der Waals surface area contributed by atoms with Crippen molar-refractivity contribution in [1.29, 1.82) is 0 Å². The van der Waals surface area contributed by atoms with Crippen molar-refractivity contribution < 1.29 is 0 Å². The average Bonchev–Trinajstić information content (AvgIpc) is 3.37. The standard InChI is InChI=1S/C24H27N7/c1-16(2)22-20(6-5-11-25-22)23-21-14-30(12-13-31(21)17(3)27-23)19-9-7-18(8-10-19)24-26-15-29(4)28-24/h5-11,15-16H,12-14H2,1-4H3. The summed E-state index contributed by atoms with van der Waals surface area (Å²) in [4.78, 5) is 16.4. The lowest BCUT2D eigenvalue weighted by atomic mass is 10.00. The van der Waals surface area contributed by atoms with Gasteiger partial charge in [-0.05, 0) is 49.2 Å². The molecule has 0 bridgehead atoms. The van der Waals surface area contributed by atoms with Gasteiger partial charge in [-0.3, -0.25) is 9.67 Å². The third-order valence-corrected chi connectivity index (χ3v) is 5.93. The predicted molar refractivity (Wildman–Crippen MR) is 122 cm³/mol. The number of benzene rings is 1. The Balaban J connectivity index is 1.47. The Morgan fingerprint density at radius 3 is 2.52 bits per heavy atom. The molecule has 5 rings (SSSR count).